The van der Waals surface area contributed by atoms with E-state index in [1.54, 1.807) is 0 Å². The first kappa shape index (κ1) is 20.2. The molecule has 150 valence electrons. The Balaban J connectivity index is 1.45. The highest BCUT2D eigenvalue weighted by Crippen LogP contribution is 2.18. The van der Waals surface area contributed by atoms with Crippen molar-refractivity contribution in [3.63, 3.8) is 0 Å². The van der Waals surface area contributed by atoms with Crippen LogP contribution in [0.3, 0.4) is 0 Å². The van der Waals surface area contributed by atoms with Crippen LogP contribution in [0, 0.1) is 6.92 Å². The van der Waals surface area contributed by atoms with Gasteiger partial charge < -0.3 is 19.9 Å². The topological polar surface area (TPSA) is 56.8 Å². The van der Waals surface area contributed by atoms with E-state index in [4.69, 9.17) is 21.9 Å². The maximum atomic E-state index is 5.60. The fraction of sp³-hybridized carbons (Fsp3) is 0.737. The molecule has 1 aromatic rings. The molecule has 0 aliphatic carbocycles. The first-order valence-corrected chi connectivity index (χ1v) is 10.4. The molecule has 2 aliphatic rings. The lowest BCUT2D eigenvalue weighted by atomic mass is 10.2. The normalized spacial score (nSPS) is 18.8. The smallest absolute Gasteiger partial charge is 0.169 e. The molecule has 7 nitrogen and oxygen atoms in total. The molecule has 1 aromatic heterocycles. The minimum atomic E-state index is 0.341. The van der Waals surface area contributed by atoms with Gasteiger partial charge in [0.15, 0.2) is 5.11 Å². The summed E-state index contributed by atoms with van der Waals surface area (Å²) in [7, 11) is 0. The maximum absolute atomic E-state index is 5.60. The Labute approximate surface area is 168 Å². The highest BCUT2D eigenvalue weighted by atomic mass is 32.1. The average molecular weight is 393 g/mol. The van der Waals surface area contributed by atoms with Crippen molar-refractivity contribution >= 4 is 23.1 Å². The lowest BCUT2D eigenvalue weighted by Crippen LogP contribution is -2.53. The zero-order valence-electron chi connectivity index (χ0n) is 16.8. The van der Waals surface area contributed by atoms with Gasteiger partial charge in [0.25, 0.3) is 0 Å². The number of hydrogen-bond acceptors (Lipinski definition) is 6. The highest BCUT2D eigenvalue weighted by Gasteiger charge is 2.21. The summed E-state index contributed by atoms with van der Waals surface area (Å²) in [5.74, 6) is 2.30. The second kappa shape index (κ2) is 9.61. The molecule has 0 aromatic carbocycles. The van der Waals surface area contributed by atoms with E-state index < -0.39 is 0 Å². The number of aromatic nitrogens is 2. The van der Waals surface area contributed by atoms with E-state index in [9.17, 15) is 0 Å². The average Bonchev–Trinajstić information content (AvgIpc) is 2.68. The molecule has 27 heavy (non-hydrogen) atoms. The highest BCUT2D eigenvalue weighted by molar-refractivity contribution is 7.80. The number of piperazine rings is 1. The van der Waals surface area contributed by atoms with Crippen LogP contribution in [-0.2, 0) is 4.74 Å². The number of aryl methyl sites for hydroxylation is 1. The van der Waals surface area contributed by atoms with Gasteiger partial charge in [0.1, 0.15) is 11.6 Å². The van der Waals surface area contributed by atoms with E-state index in [-0.39, 0.29) is 0 Å². The number of ether oxygens (including phenoxy) is 1. The van der Waals surface area contributed by atoms with Crippen LogP contribution in [0.5, 0.6) is 0 Å². The largest absolute Gasteiger partial charge is 0.379 e. The van der Waals surface area contributed by atoms with Crippen LogP contribution in [0.25, 0.3) is 0 Å². The third-order valence-corrected chi connectivity index (χ3v) is 5.48. The van der Waals surface area contributed by atoms with Gasteiger partial charge in [-0.2, -0.15) is 0 Å². The lowest BCUT2D eigenvalue weighted by Gasteiger charge is -2.37. The molecule has 0 atom stereocenters. The van der Waals surface area contributed by atoms with Gasteiger partial charge in [0, 0.05) is 70.0 Å². The SMILES string of the molecule is Cc1cc(N2CCN(C(=S)NCCN3CCOCC3)CC2)nc(C(C)C)n1. The van der Waals surface area contributed by atoms with Gasteiger partial charge in [0.2, 0.25) is 0 Å². The Kier molecular flexibility index (Phi) is 7.20. The summed E-state index contributed by atoms with van der Waals surface area (Å²) >= 11 is 5.60. The van der Waals surface area contributed by atoms with Gasteiger partial charge in [-0.1, -0.05) is 13.8 Å². The molecule has 2 fully saturated rings. The lowest BCUT2D eigenvalue weighted by molar-refractivity contribution is 0.0388. The summed E-state index contributed by atoms with van der Waals surface area (Å²) in [6, 6.07) is 2.08. The minimum Gasteiger partial charge on any atom is -0.379 e. The first-order chi connectivity index (χ1) is 13.0. The molecule has 8 heteroatoms. The zero-order valence-corrected chi connectivity index (χ0v) is 17.6. The summed E-state index contributed by atoms with van der Waals surface area (Å²) in [6.45, 7) is 15.6. The van der Waals surface area contributed by atoms with E-state index in [0.29, 0.717) is 5.92 Å². The minimum absolute atomic E-state index is 0.341. The fourth-order valence-corrected chi connectivity index (χ4v) is 3.68. The fourth-order valence-electron chi connectivity index (χ4n) is 3.39. The third kappa shape index (κ3) is 5.73. The zero-order chi connectivity index (χ0) is 19.2. The van der Waals surface area contributed by atoms with Crippen molar-refractivity contribution in [2.45, 2.75) is 26.7 Å². The third-order valence-electron chi connectivity index (χ3n) is 5.07. The molecule has 0 unspecified atom stereocenters. The number of hydrogen-bond donors (Lipinski definition) is 1. The van der Waals surface area contributed by atoms with E-state index in [1.807, 2.05) is 6.92 Å². The molecular weight excluding hydrogens is 360 g/mol. The molecule has 0 saturated carbocycles. The molecule has 2 aliphatic heterocycles. The van der Waals surface area contributed by atoms with Gasteiger partial charge in [-0.05, 0) is 19.1 Å². The summed E-state index contributed by atoms with van der Waals surface area (Å²) in [5, 5.41) is 4.28. The summed E-state index contributed by atoms with van der Waals surface area (Å²) in [4.78, 5) is 16.3. The van der Waals surface area contributed by atoms with Gasteiger partial charge in [-0.25, -0.2) is 9.97 Å². The van der Waals surface area contributed by atoms with Crippen molar-refractivity contribution in [1.82, 2.24) is 25.1 Å². The van der Waals surface area contributed by atoms with Crippen molar-refractivity contribution in [1.29, 1.82) is 0 Å². The van der Waals surface area contributed by atoms with Gasteiger partial charge in [-0.3, -0.25) is 4.90 Å². The molecule has 0 radical (unpaired) electrons. The van der Waals surface area contributed by atoms with Gasteiger partial charge in [0.05, 0.1) is 13.2 Å². The quantitative estimate of drug-likeness (QED) is 0.751. The second-order valence-electron chi connectivity index (χ2n) is 7.54. The number of thiocarbonyl (C=S) groups is 1. The number of rotatable bonds is 5. The monoisotopic (exact) mass is 392 g/mol. The Morgan fingerprint density at radius 3 is 2.52 bits per heavy atom. The Hall–Kier alpha value is -1.51. The number of anilines is 1. The van der Waals surface area contributed by atoms with Crippen LogP contribution >= 0.6 is 12.2 Å². The van der Waals surface area contributed by atoms with Crippen molar-refractivity contribution in [2.24, 2.45) is 0 Å². The number of morpholine rings is 1. The Morgan fingerprint density at radius 1 is 1.15 bits per heavy atom. The molecule has 1 N–H and O–H groups in total. The van der Waals surface area contributed by atoms with Crippen LogP contribution in [0.1, 0.15) is 31.3 Å². The number of nitrogens with zero attached hydrogens (tertiary/aromatic N) is 5. The van der Waals surface area contributed by atoms with Gasteiger partial charge in [-0.15, -0.1) is 0 Å². The van der Waals surface area contributed by atoms with E-state index in [2.05, 4.69) is 44.9 Å². The summed E-state index contributed by atoms with van der Waals surface area (Å²) in [5.41, 5.74) is 1.03. The molecule has 0 bridgehead atoms. The molecule has 2 saturated heterocycles. The van der Waals surface area contributed by atoms with Crippen molar-refractivity contribution in [3.05, 3.63) is 17.6 Å². The van der Waals surface area contributed by atoms with Crippen LogP contribution in [-0.4, -0.2) is 90.5 Å². The molecule has 3 rings (SSSR count). The molecule has 0 spiro atoms. The van der Waals surface area contributed by atoms with E-state index in [1.165, 1.54) is 0 Å². The van der Waals surface area contributed by atoms with Crippen LogP contribution in [0.2, 0.25) is 0 Å². The van der Waals surface area contributed by atoms with Crippen LogP contribution < -0.4 is 10.2 Å². The maximum Gasteiger partial charge on any atom is 0.169 e. The Bertz CT molecular complexity index is 627. The molecular formula is C19H32N6OS. The van der Waals surface area contributed by atoms with Crippen molar-refractivity contribution < 1.29 is 4.74 Å². The molecule has 0 amide bonds. The van der Waals surface area contributed by atoms with E-state index in [0.717, 1.165) is 88.0 Å². The van der Waals surface area contributed by atoms with Crippen LogP contribution in [0.15, 0.2) is 6.07 Å². The predicted molar refractivity (Wildman–Crippen MR) is 113 cm³/mol. The predicted octanol–water partition coefficient (Wildman–Crippen LogP) is 1.24. The van der Waals surface area contributed by atoms with Crippen LogP contribution in [0.4, 0.5) is 5.82 Å². The van der Waals surface area contributed by atoms with E-state index >= 15 is 0 Å². The summed E-state index contributed by atoms with van der Waals surface area (Å²) in [6.07, 6.45) is 0. The number of nitrogens with one attached hydrogen (secondary N) is 1. The van der Waals surface area contributed by atoms with Gasteiger partial charge >= 0.3 is 0 Å². The second-order valence-corrected chi connectivity index (χ2v) is 7.93. The first-order valence-electron chi connectivity index (χ1n) is 9.96. The molecule has 3 heterocycles. The summed E-state index contributed by atoms with van der Waals surface area (Å²) < 4.78 is 5.39. The van der Waals surface area contributed by atoms with Crippen molar-refractivity contribution in [2.75, 3.05) is 70.5 Å². The van der Waals surface area contributed by atoms with Crippen molar-refractivity contribution in [3.8, 4) is 0 Å². The Morgan fingerprint density at radius 2 is 1.85 bits per heavy atom. The standard InChI is InChI=1S/C19H32N6OS/c1-15(2)18-21-16(3)14-17(22-18)24-6-8-25(9-7-24)19(27)20-4-5-23-10-12-26-13-11-23/h14-15H,4-13H2,1-3H3,(H,20,27).